The van der Waals surface area contributed by atoms with Gasteiger partial charge in [-0.05, 0) is 55.8 Å². The van der Waals surface area contributed by atoms with Crippen molar-refractivity contribution in [3.05, 3.63) is 88.4 Å². The molecule has 0 saturated carbocycles. The fourth-order valence-electron chi connectivity index (χ4n) is 3.97. The number of carbonyl (C=O) groups is 1. The summed E-state index contributed by atoms with van der Waals surface area (Å²) in [5.41, 5.74) is 1.72. The number of rotatable bonds is 7. The summed E-state index contributed by atoms with van der Waals surface area (Å²) in [6.45, 7) is 7.91. The third-order valence-electron chi connectivity index (χ3n) is 5.93. The maximum atomic E-state index is 12.8. The highest BCUT2D eigenvalue weighted by Gasteiger charge is 2.30. The molecule has 3 aromatic rings. The van der Waals surface area contributed by atoms with Gasteiger partial charge in [0.15, 0.2) is 5.60 Å². The van der Waals surface area contributed by atoms with E-state index in [0.29, 0.717) is 16.5 Å². The molecule has 7 heteroatoms. The van der Waals surface area contributed by atoms with Crippen LogP contribution in [0.1, 0.15) is 19.4 Å². The summed E-state index contributed by atoms with van der Waals surface area (Å²) >= 11 is 12.9. The second-order valence-electron chi connectivity index (χ2n) is 8.90. The number of hydrogen-bond acceptors (Lipinski definition) is 4. The van der Waals surface area contributed by atoms with Gasteiger partial charge in [0.05, 0.1) is 10.7 Å². The van der Waals surface area contributed by atoms with Crippen molar-refractivity contribution < 1.29 is 9.53 Å². The largest absolute Gasteiger partial charge is 0.478 e. The molecule has 0 aliphatic carbocycles. The number of hydrogen-bond donors (Lipinski definition) is 1. The van der Waals surface area contributed by atoms with Crippen molar-refractivity contribution in [2.45, 2.75) is 26.0 Å². The van der Waals surface area contributed by atoms with Crippen molar-refractivity contribution in [3.63, 3.8) is 0 Å². The fourth-order valence-corrected chi connectivity index (χ4v) is 4.46. The zero-order valence-corrected chi connectivity index (χ0v) is 20.9. The molecule has 178 valence electrons. The Morgan fingerprint density at radius 3 is 2.26 bits per heavy atom. The van der Waals surface area contributed by atoms with Crippen molar-refractivity contribution in [3.8, 4) is 5.75 Å². The van der Waals surface area contributed by atoms with E-state index in [2.05, 4.69) is 21.2 Å². The monoisotopic (exact) mass is 497 g/mol. The van der Waals surface area contributed by atoms with Gasteiger partial charge in [-0.3, -0.25) is 9.69 Å². The molecule has 0 spiro atoms. The van der Waals surface area contributed by atoms with Crippen molar-refractivity contribution in [1.29, 1.82) is 0 Å². The highest BCUT2D eigenvalue weighted by molar-refractivity contribution is 6.33. The maximum Gasteiger partial charge on any atom is 0.267 e. The van der Waals surface area contributed by atoms with Gasteiger partial charge in [0.2, 0.25) is 0 Å². The number of nitrogens with one attached hydrogen (secondary N) is 1. The molecular formula is C27H29Cl2N3O2. The topological polar surface area (TPSA) is 44.8 Å². The van der Waals surface area contributed by atoms with E-state index in [0.717, 1.165) is 49.0 Å². The Labute approximate surface area is 211 Å². The molecule has 1 saturated heterocycles. The van der Waals surface area contributed by atoms with E-state index in [-0.39, 0.29) is 5.91 Å². The van der Waals surface area contributed by atoms with Crippen LogP contribution in [0.15, 0.2) is 72.8 Å². The van der Waals surface area contributed by atoms with Gasteiger partial charge in [-0.2, -0.15) is 0 Å². The molecule has 0 aromatic heterocycles. The van der Waals surface area contributed by atoms with E-state index in [4.69, 9.17) is 27.9 Å². The summed E-state index contributed by atoms with van der Waals surface area (Å²) in [4.78, 5) is 17.5. The first-order valence-corrected chi connectivity index (χ1v) is 12.1. The lowest BCUT2D eigenvalue weighted by Crippen LogP contribution is -2.46. The molecule has 1 amide bonds. The Balaban J connectivity index is 1.34. The second kappa shape index (κ2) is 10.7. The Bertz CT molecular complexity index is 1130. The summed E-state index contributed by atoms with van der Waals surface area (Å²) in [5, 5.41) is 4.34. The molecule has 1 heterocycles. The lowest BCUT2D eigenvalue weighted by Gasteiger charge is -2.36. The van der Waals surface area contributed by atoms with E-state index >= 15 is 0 Å². The molecule has 4 rings (SSSR count). The molecule has 0 unspecified atom stereocenters. The zero-order chi connectivity index (χ0) is 24.1. The predicted octanol–water partition coefficient (Wildman–Crippen LogP) is 6.11. The SMILES string of the molecule is CC(C)(Oc1ccccc1)C(=O)Nc1ccc(N2CCN(Cc3ccccc3Cl)CC2)c(Cl)c1. The Kier molecular flexibility index (Phi) is 7.67. The molecule has 1 aliphatic heterocycles. The van der Waals surface area contributed by atoms with E-state index in [1.807, 2.05) is 60.7 Å². The van der Waals surface area contributed by atoms with Crippen molar-refractivity contribution in [1.82, 2.24) is 4.90 Å². The quantitative estimate of drug-likeness (QED) is 0.427. The van der Waals surface area contributed by atoms with Crippen LogP contribution in [-0.2, 0) is 11.3 Å². The molecule has 0 bridgehead atoms. The molecule has 34 heavy (non-hydrogen) atoms. The van der Waals surface area contributed by atoms with Crippen LogP contribution in [-0.4, -0.2) is 42.6 Å². The first-order valence-electron chi connectivity index (χ1n) is 11.4. The molecule has 1 fully saturated rings. The molecule has 1 N–H and O–H groups in total. The van der Waals surface area contributed by atoms with Crippen LogP contribution >= 0.6 is 23.2 Å². The van der Waals surface area contributed by atoms with E-state index in [1.54, 1.807) is 19.9 Å². The van der Waals surface area contributed by atoms with Gasteiger partial charge in [0.1, 0.15) is 5.75 Å². The van der Waals surface area contributed by atoms with Gasteiger partial charge in [-0.25, -0.2) is 0 Å². The number of halogens is 2. The maximum absolute atomic E-state index is 12.8. The van der Waals surface area contributed by atoms with Crippen LogP contribution in [0.25, 0.3) is 0 Å². The minimum atomic E-state index is -1.04. The van der Waals surface area contributed by atoms with E-state index in [9.17, 15) is 4.79 Å². The van der Waals surface area contributed by atoms with Crippen LogP contribution in [0.3, 0.4) is 0 Å². The van der Waals surface area contributed by atoms with Crippen LogP contribution in [0.4, 0.5) is 11.4 Å². The number of piperazine rings is 1. The lowest BCUT2D eigenvalue weighted by atomic mass is 10.1. The predicted molar refractivity (Wildman–Crippen MR) is 140 cm³/mol. The normalized spacial score (nSPS) is 14.6. The minimum Gasteiger partial charge on any atom is -0.478 e. The Morgan fingerprint density at radius 2 is 1.59 bits per heavy atom. The number of nitrogens with zero attached hydrogens (tertiary/aromatic N) is 2. The second-order valence-corrected chi connectivity index (χ2v) is 9.71. The van der Waals surface area contributed by atoms with E-state index in [1.165, 1.54) is 0 Å². The van der Waals surface area contributed by atoms with Gasteiger partial charge in [-0.1, -0.05) is 59.6 Å². The summed E-state index contributed by atoms with van der Waals surface area (Å²) in [5.74, 6) is 0.401. The standard InChI is InChI=1S/C27H29Cl2N3O2/c1-27(2,34-22-9-4-3-5-10-22)26(33)30-21-12-13-25(24(29)18-21)32-16-14-31(15-17-32)19-20-8-6-7-11-23(20)28/h3-13,18H,14-17,19H2,1-2H3,(H,30,33). The smallest absolute Gasteiger partial charge is 0.267 e. The van der Waals surface area contributed by atoms with Crippen LogP contribution < -0.4 is 15.0 Å². The Morgan fingerprint density at radius 1 is 0.912 bits per heavy atom. The Hall–Kier alpha value is -2.73. The van der Waals surface area contributed by atoms with Crippen LogP contribution in [0.2, 0.25) is 10.0 Å². The van der Waals surface area contributed by atoms with Gasteiger partial charge in [0, 0.05) is 43.4 Å². The highest BCUT2D eigenvalue weighted by Crippen LogP contribution is 2.31. The minimum absolute atomic E-state index is 0.242. The number of para-hydroxylation sites is 1. The van der Waals surface area contributed by atoms with Crippen molar-refractivity contribution >= 4 is 40.5 Å². The first-order chi connectivity index (χ1) is 16.3. The molecule has 1 aliphatic rings. The molecule has 0 atom stereocenters. The average Bonchev–Trinajstić information content (AvgIpc) is 2.82. The highest BCUT2D eigenvalue weighted by atomic mass is 35.5. The number of carbonyl (C=O) groups excluding carboxylic acids is 1. The first kappa shape index (κ1) is 24.4. The summed E-state index contributed by atoms with van der Waals surface area (Å²) in [7, 11) is 0. The van der Waals surface area contributed by atoms with Crippen LogP contribution in [0, 0.1) is 0 Å². The number of amides is 1. The van der Waals surface area contributed by atoms with E-state index < -0.39 is 5.60 Å². The average molecular weight is 498 g/mol. The zero-order valence-electron chi connectivity index (χ0n) is 19.4. The number of ether oxygens (including phenoxy) is 1. The fraction of sp³-hybridized carbons (Fsp3) is 0.296. The van der Waals surface area contributed by atoms with Gasteiger partial charge >= 0.3 is 0 Å². The summed E-state index contributed by atoms with van der Waals surface area (Å²) in [6.07, 6.45) is 0. The molecule has 5 nitrogen and oxygen atoms in total. The molecule has 3 aromatic carbocycles. The number of anilines is 2. The molecule has 0 radical (unpaired) electrons. The third kappa shape index (κ3) is 6.03. The third-order valence-corrected chi connectivity index (χ3v) is 6.60. The summed E-state index contributed by atoms with van der Waals surface area (Å²) < 4.78 is 5.88. The molecular weight excluding hydrogens is 469 g/mol. The summed E-state index contributed by atoms with van der Waals surface area (Å²) in [6, 6.07) is 22.9. The van der Waals surface area contributed by atoms with Crippen molar-refractivity contribution in [2.24, 2.45) is 0 Å². The van der Waals surface area contributed by atoms with Gasteiger partial charge < -0.3 is 15.0 Å². The van der Waals surface area contributed by atoms with Crippen LogP contribution in [0.5, 0.6) is 5.75 Å². The lowest BCUT2D eigenvalue weighted by molar-refractivity contribution is -0.128. The van der Waals surface area contributed by atoms with Gasteiger partial charge in [-0.15, -0.1) is 0 Å². The number of benzene rings is 3. The van der Waals surface area contributed by atoms with Crippen molar-refractivity contribution in [2.75, 3.05) is 36.4 Å². The van der Waals surface area contributed by atoms with Gasteiger partial charge in [0.25, 0.3) is 5.91 Å².